The molecule has 23 heavy (non-hydrogen) atoms. The topological polar surface area (TPSA) is 47.4 Å². The number of carbonyl (C=O) groups excluding carboxylic acids is 1. The van der Waals surface area contributed by atoms with Gasteiger partial charge in [-0.15, -0.1) is 0 Å². The van der Waals surface area contributed by atoms with Crippen molar-refractivity contribution in [2.75, 3.05) is 6.54 Å². The Morgan fingerprint density at radius 2 is 2.00 bits per heavy atom. The second-order valence-corrected chi connectivity index (χ2v) is 6.16. The molecule has 1 amide bonds. The molecule has 0 spiro atoms. The first-order valence-electron chi connectivity index (χ1n) is 7.97. The lowest BCUT2D eigenvalue weighted by molar-refractivity contribution is -0.129. The van der Waals surface area contributed by atoms with E-state index in [4.69, 9.17) is 4.74 Å². The van der Waals surface area contributed by atoms with Crippen molar-refractivity contribution in [1.82, 2.24) is 14.7 Å². The molecule has 1 aliphatic heterocycles. The Balaban J connectivity index is 1.67. The predicted octanol–water partition coefficient (Wildman–Crippen LogP) is 2.35. The first-order valence-corrected chi connectivity index (χ1v) is 7.97. The van der Waals surface area contributed by atoms with E-state index in [2.05, 4.69) is 36.3 Å². The van der Waals surface area contributed by atoms with Crippen LogP contribution in [0.4, 0.5) is 0 Å². The highest BCUT2D eigenvalue weighted by atomic mass is 16.5. The van der Waals surface area contributed by atoms with Crippen LogP contribution in [0.1, 0.15) is 35.0 Å². The van der Waals surface area contributed by atoms with Crippen molar-refractivity contribution in [3.8, 4) is 0 Å². The highest BCUT2D eigenvalue weighted by Crippen LogP contribution is 2.23. The third-order valence-electron chi connectivity index (χ3n) is 4.40. The van der Waals surface area contributed by atoms with Crippen molar-refractivity contribution in [1.29, 1.82) is 0 Å². The standard InChI is InChI=1S/C18H23N3O2/c1-13-4-6-15(7-5-13)11-23-12-17-16-10-21(14(2)22)9-8-18(16)20(3)19-17/h4-7H,8-12H2,1-3H3. The Morgan fingerprint density at radius 1 is 1.26 bits per heavy atom. The van der Waals surface area contributed by atoms with E-state index >= 15 is 0 Å². The van der Waals surface area contributed by atoms with Crippen molar-refractivity contribution in [3.63, 3.8) is 0 Å². The summed E-state index contributed by atoms with van der Waals surface area (Å²) < 4.78 is 7.77. The Kier molecular flexibility index (Phi) is 4.48. The van der Waals surface area contributed by atoms with Crippen molar-refractivity contribution in [2.24, 2.45) is 7.05 Å². The van der Waals surface area contributed by atoms with Crippen LogP contribution in [0.15, 0.2) is 24.3 Å². The molecular weight excluding hydrogens is 290 g/mol. The normalized spacial score (nSPS) is 14.0. The Hall–Kier alpha value is -2.14. The number of benzene rings is 1. The highest BCUT2D eigenvalue weighted by Gasteiger charge is 2.24. The zero-order valence-corrected chi connectivity index (χ0v) is 14.0. The van der Waals surface area contributed by atoms with E-state index in [-0.39, 0.29) is 5.91 Å². The van der Waals surface area contributed by atoms with Crippen LogP contribution in [0.25, 0.3) is 0 Å². The van der Waals surface area contributed by atoms with Crippen LogP contribution in [0.3, 0.4) is 0 Å². The fraction of sp³-hybridized carbons (Fsp3) is 0.444. The lowest BCUT2D eigenvalue weighted by Gasteiger charge is -2.26. The summed E-state index contributed by atoms with van der Waals surface area (Å²) in [6.07, 6.45) is 0.858. The molecule has 3 rings (SSSR count). The van der Waals surface area contributed by atoms with Gasteiger partial charge in [0.05, 0.1) is 18.9 Å². The van der Waals surface area contributed by atoms with Gasteiger partial charge < -0.3 is 9.64 Å². The van der Waals surface area contributed by atoms with Crippen LogP contribution in [0, 0.1) is 6.92 Å². The molecule has 5 nitrogen and oxygen atoms in total. The number of ether oxygens (including phenoxy) is 1. The second-order valence-electron chi connectivity index (χ2n) is 6.16. The van der Waals surface area contributed by atoms with Crippen molar-refractivity contribution in [2.45, 2.75) is 40.0 Å². The fourth-order valence-corrected chi connectivity index (χ4v) is 3.00. The summed E-state index contributed by atoms with van der Waals surface area (Å²) in [7, 11) is 1.96. The molecule has 2 heterocycles. The lowest BCUT2D eigenvalue weighted by Crippen LogP contribution is -2.34. The largest absolute Gasteiger partial charge is 0.370 e. The number of hydrogen-bond donors (Lipinski definition) is 0. The minimum Gasteiger partial charge on any atom is -0.370 e. The molecule has 0 bridgehead atoms. The van der Waals surface area contributed by atoms with E-state index in [1.807, 2.05) is 16.6 Å². The van der Waals surface area contributed by atoms with Gasteiger partial charge in [0.25, 0.3) is 0 Å². The quantitative estimate of drug-likeness (QED) is 0.870. The van der Waals surface area contributed by atoms with Gasteiger partial charge in [-0.3, -0.25) is 9.48 Å². The molecule has 0 fully saturated rings. The van der Waals surface area contributed by atoms with Gasteiger partial charge in [0, 0.05) is 44.7 Å². The minimum atomic E-state index is 0.117. The molecule has 1 aromatic carbocycles. The first kappa shape index (κ1) is 15.7. The highest BCUT2D eigenvalue weighted by molar-refractivity contribution is 5.73. The second kappa shape index (κ2) is 6.54. The van der Waals surface area contributed by atoms with E-state index in [1.165, 1.54) is 11.3 Å². The molecule has 0 saturated carbocycles. The van der Waals surface area contributed by atoms with E-state index in [0.717, 1.165) is 29.8 Å². The maximum Gasteiger partial charge on any atom is 0.219 e. The van der Waals surface area contributed by atoms with Gasteiger partial charge in [-0.25, -0.2) is 0 Å². The van der Waals surface area contributed by atoms with Crippen LogP contribution < -0.4 is 0 Å². The van der Waals surface area contributed by atoms with E-state index in [0.29, 0.717) is 19.8 Å². The van der Waals surface area contributed by atoms with Gasteiger partial charge in [-0.05, 0) is 12.5 Å². The van der Waals surface area contributed by atoms with Crippen molar-refractivity contribution < 1.29 is 9.53 Å². The molecule has 1 aromatic heterocycles. The zero-order chi connectivity index (χ0) is 16.4. The summed E-state index contributed by atoms with van der Waals surface area (Å²) in [6, 6.07) is 8.35. The maximum atomic E-state index is 11.6. The Bertz CT molecular complexity index is 704. The molecule has 2 aromatic rings. The number of carbonyl (C=O) groups is 1. The number of hydrogen-bond acceptors (Lipinski definition) is 3. The number of nitrogens with zero attached hydrogens (tertiary/aromatic N) is 3. The zero-order valence-electron chi connectivity index (χ0n) is 14.0. The van der Waals surface area contributed by atoms with Gasteiger partial charge in [-0.2, -0.15) is 5.10 Å². The van der Waals surface area contributed by atoms with Gasteiger partial charge in [-0.1, -0.05) is 29.8 Å². The number of amides is 1. The molecule has 1 aliphatic rings. The van der Waals surface area contributed by atoms with Crippen LogP contribution >= 0.6 is 0 Å². The molecular formula is C18H23N3O2. The van der Waals surface area contributed by atoms with Crippen molar-refractivity contribution >= 4 is 5.91 Å². The molecule has 5 heteroatoms. The minimum absolute atomic E-state index is 0.117. The third-order valence-corrected chi connectivity index (χ3v) is 4.40. The molecule has 0 atom stereocenters. The molecule has 0 radical (unpaired) electrons. The predicted molar refractivity (Wildman–Crippen MR) is 87.7 cm³/mol. The summed E-state index contributed by atoms with van der Waals surface area (Å²) in [5, 5.41) is 4.59. The number of aryl methyl sites for hydroxylation is 2. The molecule has 0 N–H and O–H groups in total. The average Bonchev–Trinajstić information content (AvgIpc) is 2.85. The van der Waals surface area contributed by atoms with E-state index in [1.54, 1.807) is 6.92 Å². The van der Waals surface area contributed by atoms with Crippen LogP contribution in [-0.4, -0.2) is 27.1 Å². The lowest BCUT2D eigenvalue weighted by atomic mass is 10.1. The summed E-state index contributed by atoms with van der Waals surface area (Å²) in [6.45, 7) is 6.15. The summed E-state index contributed by atoms with van der Waals surface area (Å²) >= 11 is 0. The van der Waals surface area contributed by atoms with E-state index in [9.17, 15) is 4.79 Å². The Labute approximate surface area is 136 Å². The van der Waals surface area contributed by atoms with E-state index < -0.39 is 0 Å². The van der Waals surface area contributed by atoms with Crippen LogP contribution in [0.5, 0.6) is 0 Å². The maximum absolute atomic E-state index is 11.6. The van der Waals surface area contributed by atoms with Gasteiger partial charge in [0.15, 0.2) is 0 Å². The fourth-order valence-electron chi connectivity index (χ4n) is 3.00. The van der Waals surface area contributed by atoms with Gasteiger partial charge in [0.2, 0.25) is 5.91 Å². The number of aromatic nitrogens is 2. The number of fused-ring (bicyclic) bond motifs is 1. The SMILES string of the molecule is CC(=O)N1CCc2c(c(COCc3ccc(C)cc3)nn2C)C1. The van der Waals surface area contributed by atoms with Crippen LogP contribution in [0.2, 0.25) is 0 Å². The third kappa shape index (κ3) is 3.45. The van der Waals surface area contributed by atoms with Gasteiger partial charge in [0.1, 0.15) is 0 Å². The summed E-state index contributed by atoms with van der Waals surface area (Å²) in [5.41, 5.74) is 5.72. The molecule has 0 unspecified atom stereocenters. The monoisotopic (exact) mass is 313 g/mol. The summed E-state index contributed by atoms with van der Waals surface area (Å²) in [4.78, 5) is 13.5. The average molecular weight is 313 g/mol. The number of rotatable bonds is 4. The van der Waals surface area contributed by atoms with Crippen LogP contribution in [-0.2, 0) is 42.8 Å². The van der Waals surface area contributed by atoms with Crippen molar-refractivity contribution in [3.05, 3.63) is 52.3 Å². The first-order chi connectivity index (χ1) is 11.0. The Morgan fingerprint density at radius 3 is 2.70 bits per heavy atom. The summed E-state index contributed by atoms with van der Waals surface area (Å²) in [5.74, 6) is 0.117. The molecule has 0 aliphatic carbocycles. The molecule has 122 valence electrons. The smallest absolute Gasteiger partial charge is 0.219 e. The van der Waals surface area contributed by atoms with Gasteiger partial charge >= 0.3 is 0 Å². The molecule has 0 saturated heterocycles.